The molecule has 0 aliphatic carbocycles. The number of hydrogen-bond acceptors (Lipinski definition) is 4. The first-order chi connectivity index (χ1) is 12.0. The van der Waals surface area contributed by atoms with Crippen molar-refractivity contribution in [1.29, 1.82) is 0 Å². The smallest absolute Gasteiger partial charge is 0.263 e. The Bertz CT molecular complexity index is 706. The van der Waals surface area contributed by atoms with Crippen LogP contribution < -0.4 is 0 Å². The number of aromatic nitrogens is 2. The van der Waals surface area contributed by atoms with E-state index in [9.17, 15) is 4.79 Å². The van der Waals surface area contributed by atoms with Crippen molar-refractivity contribution in [2.45, 2.75) is 38.6 Å². The van der Waals surface area contributed by atoms with Crippen LogP contribution in [0.2, 0.25) is 0 Å². The Kier molecular flexibility index (Phi) is 5.91. The van der Waals surface area contributed by atoms with Crippen LogP contribution in [-0.4, -0.2) is 59.0 Å². The van der Waals surface area contributed by atoms with E-state index in [2.05, 4.69) is 34.7 Å². The molecule has 0 spiro atoms. The number of nitrogens with zero attached hydrogens (tertiary/aromatic N) is 4. The van der Waals surface area contributed by atoms with Crippen LogP contribution in [0.3, 0.4) is 0 Å². The van der Waals surface area contributed by atoms with Gasteiger partial charge in [-0.1, -0.05) is 0 Å². The molecule has 1 aliphatic heterocycles. The van der Waals surface area contributed by atoms with Gasteiger partial charge in [0, 0.05) is 42.8 Å². The van der Waals surface area contributed by atoms with Gasteiger partial charge in [0.2, 0.25) is 0 Å². The van der Waals surface area contributed by atoms with Crippen molar-refractivity contribution in [1.82, 2.24) is 19.4 Å². The zero-order chi connectivity index (χ0) is 17.8. The molecule has 2 aromatic heterocycles. The molecule has 0 N–H and O–H groups in total. The van der Waals surface area contributed by atoms with Crippen LogP contribution in [0.4, 0.5) is 0 Å². The molecule has 0 aromatic carbocycles. The Morgan fingerprint density at radius 3 is 2.96 bits per heavy atom. The molecule has 1 fully saturated rings. The third-order valence-electron chi connectivity index (χ3n) is 4.78. The van der Waals surface area contributed by atoms with Gasteiger partial charge in [-0.25, -0.2) is 4.98 Å². The summed E-state index contributed by atoms with van der Waals surface area (Å²) in [5.41, 5.74) is 0. The highest BCUT2D eigenvalue weighted by molar-refractivity contribution is 7.13. The second kappa shape index (κ2) is 8.15. The van der Waals surface area contributed by atoms with Crippen LogP contribution in [0.5, 0.6) is 0 Å². The Morgan fingerprint density at radius 2 is 2.24 bits per heavy atom. The van der Waals surface area contributed by atoms with Gasteiger partial charge in [-0.2, -0.15) is 0 Å². The number of hydrogen-bond donors (Lipinski definition) is 0. The van der Waals surface area contributed by atoms with E-state index in [0.717, 1.165) is 56.1 Å². The minimum atomic E-state index is 0.175. The van der Waals surface area contributed by atoms with Crippen molar-refractivity contribution in [3.8, 4) is 0 Å². The maximum absolute atomic E-state index is 12.8. The van der Waals surface area contributed by atoms with Gasteiger partial charge in [0.15, 0.2) is 0 Å². The van der Waals surface area contributed by atoms with E-state index in [0.29, 0.717) is 5.92 Å². The molecule has 136 valence electrons. The summed E-state index contributed by atoms with van der Waals surface area (Å²) in [5.74, 6) is 1.65. The van der Waals surface area contributed by atoms with E-state index in [4.69, 9.17) is 0 Å². The van der Waals surface area contributed by atoms with Gasteiger partial charge in [-0.05, 0) is 59.0 Å². The highest BCUT2D eigenvalue weighted by Crippen LogP contribution is 2.28. The van der Waals surface area contributed by atoms with Crippen LogP contribution in [0.15, 0.2) is 24.5 Å². The number of carbonyl (C=O) groups excluding carboxylic acids is 1. The van der Waals surface area contributed by atoms with E-state index < -0.39 is 0 Å². The molecule has 2 aromatic rings. The Morgan fingerprint density at radius 1 is 1.40 bits per heavy atom. The molecule has 1 saturated heterocycles. The van der Waals surface area contributed by atoms with Crippen LogP contribution in [0, 0.1) is 6.92 Å². The molecule has 3 rings (SSSR count). The lowest BCUT2D eigenvalue weighted by Crippen LogP contribution is -2.39. The second-order valence-corrected chi connectivity index (χ2v) is 8.42. The average molecular weight is 361 g/mol. The molecule has 25 heavy (non-hydrogen) atoms. The Hall–Kier alpha value is -1.66. The first kappa shape index (κ1) is 18.1. The molecule has 1 atom stereocenters. The van der Waals surface area contributed by atoms with E-state index >= 15 is 0 Å². The summed E-state index contributed by atoms with van der Waals surface area (Å²) in [6, 6.07) is 3.98. The maximum atomic E-state index is 12.8. The third kappa shape index (κ3) is 4.50. The fourth-order valence-corrected chi connectivity index (χ4v) is 4.34. The summed E-state index contributed by atoms with van der Waals surface area (Å²) in [6.45, 7) is 5.74. The third-order valence-corrected chi connectivity index (χ3v) is 5.77. The van der Waals surface area contributed by atoms with Gasteiger partial charge in [0.1, 0.15) is 5.82 Å². The molecular weight excluding hydrogens is 332 g/mol. The standard InChI is InChI=1S/C19H28N4OS/c1-15-7-8-17(25-15)19(24)23-11-4-6-16(14-23)18-20-9-13-22(18)12-5-10-21(2)3/h7-9,13,16H,4-6,10-12,14H2,1-3H3. The molecule has 6 heteroatoms. The monoisotopic (exact) mass is 360 g/mol. The van der Waals surface area contributed by atoms with E-state index in [1.165, 1.54) is 4.88 Å². The van der Waals surface area contributed by atoms with E-state index in [-0.39, 0.29) is 5.91 Å². The molecule has 0 saturated carbocycles. The number of piperidine rings is 1. The summed E-state index contributed by atoms with van der Waals surface area (Å²) >= 11 is 1.59. The Balaban J connectivity index is 1.65. The first-order valence-corrected chi connectivity index (χ1v) is 9.87. The van der Waals surface area contributed by atoms with Crippen molar-refractivity contribution < 1.29 is 4.79 Å². The highest BCUT2D eigenvalue weighted by atomic mass is 32.1. The number of aryl methyl sites for hydroxylation is 2. The van der Waals surface area contributed by atoms with Crippen molar-refractivity contribution in [3.63, 3.8) is 0 Å². The molecule has 1 unspecified atom stereocenters. The number of imidazole rings is 1. The normalized spacial score (nSPS) is 18.1. The van der Waals surface area contributed by atoms with Crippen molar-refractivity contribution in [2.75, 3.05) is 33.7 Å². The van der Waals surface area contributed by atoms with Crippen molar-refractivity contribution >= 4 is 17.2 Å². The van der Waals surface area contributed by atoms with Gasteiger partial charge >= 0.3 is 0 Å². The minimum Gasteiger partial charge on any atom is -0.337 e. The number of rotatable bonds is 6. The van der Waals surface area contributed by atoms with Crippen LogP contribution in [0.1, 0.15) is 45.6 Å². The van der Waals surface area contributed by atoms with Gasteiger partial charge in [-0.15, -0.1) is 11.3 Å². The summed E-state index contributed by atoms with van der Waals surface area (Å²) in [6.07, 6.45) is 7.24. The lowest BCUT2D eigenvalue weighted by Gasteiger charge is -2.32. The molecule has 0 bridgehead atoms. The minimum absolute atomic E-state index is 0.175. The van der Waals surface area contributed by atoms with E-state index in [1.807, 2.05) is 30.2 Å². The zero-order valence-corrected chi connectivity index (χ0v) is 16.3. The molecular formula is C19H28N4OS. The summed E-state index contributed by atoms with van der Waals surface area (Å²) in [5, 5.41) is 0. The average Bonchev–Trinajstić information content (AvgIpc) is 3.23. The molecule has 0 radical (unpaired) electrons. The molecule has 3 heterocycles. The Labute approximate surface area is 154 Å². The largest absolute Gasteiger partial charge is 0.337 e. The highest BCUT2D eigenvalue weighted by Gasteiger charge is 2.28. The number of likely N-dealkylation sites (tertiary alicyclic amines) is 1. The van der Waals surface area contributed by atoms with Crippen LogP contribution in [-0.2, 0) is 6.54 Å². The fourth-order valence-electron chi connectivity index (χ4n) is 3.50. The zero-order valence-electron chi connectivity index (χ0n) is 15.4. The van der Waals surface area contributed by atoms with Gasteiger partial charge in [0.25, 0.3) is 5.91 Å². The summed E-state index contributed by atoms with van der Waals surface area (Å²) in [4.78, 5) is 23.6. The van der Waals surface area contributed by atoms with Crippen molar-refractivity contribution in [3.05, 3.63) is 40.1 Å². The quantitative estimate of drug-likeness (QED) is 0.794. The molecule has 1 amide bonds. The van der Waals surface area contributed by atoms with Gasteiger partial charge < -0.3 is 14.4 Å². The molecule has 1 aliphatic rings. The topological polar surface area (TPSA) is 41.4 Å². The molecule has 5 nitrogen and oxygen atoms in total. The van der Waals surface area contributed by atoms with Crippen LogP contribution in [0.25, 0.3) is 0 Å². The first-order valence-electron chi connectivity index (χ1n) is 9.06. The van der Waals surface area contributed by atoms with Crippen molar-refractivity contribution in [2.24, 2.45) is 0 Å². The van der Waals surface area contributed by atoms with Crippen LogP contribution >= 0.6 is 11.3 Å². The number of amides is 1. The predicted molar refractivity (Wildman–Crippen MR) is 102 cm³/mol. The predicted octanol–water partition coefficient (Wildman–Crippen LogP) is 3.22. The SMILES string of the molecule is Cc1ccc(C(=O)N2CCCC(c3nccn3CCCN(C)C)C2)s1. The van der Waals surface area contributed by atoms with Gasteiger partial charge in [0.05, 0.1) is 4.88 Å². The number of thiophene rings is 1. The van der Waals surface area contributed by atoms with Gasteiger partial charge in [-0.3, -0.25) is 4.79 Å². The lowest BCUT2D eigenvalue weighted by molar-refractivity contribution is 0.0708. The lowest BCUT2D eigenvalue weighted by atomic mass is 9.97. The summed E-state index contributed by atoms with van der Waals surface area (Å²) in [7, 11) is 4.21. The maximum Gasteiger partial charge on any atom is 0.263 e. The summed E-state index contributed by atoms with van der Waals surface area (Å²) < 4.78 is 2.28. The second-order valence-electron chi connectivity index (χ2n) is 7.14. The number of carbonyl (C=O) groups is 1. The fraction of sp³-hybridized carbons (Fsp3) is 0.579. The van der Waals surface area contributed by atoms with E-state index in [1.54, 1.807) is 11.3 Å².